The van der Waals surface area contributed by atoms with Gasteiger partial charge in [-0.05, 0) is 55.2 Å². The van der Waals surface area contributed by atoms with Crippen molar-refractivity contribution >= 4 is 22.9 Å². The highest BCUT2D eigenvalue weighted by Crippen LogP contribution is 2.42. The van der Waals surface area contributed by atoms with E-state index in [1.807, 2.05) is 19.1 Å². The van der Waals surface area contributed by atoms with Gasteiger partial charge in [0.1, 0.15) is 11.3 Å². The molecule has 0 amide bonds. The van der Waals surface area contributed by atoms with E-state index in [-0.39, 0.29) is 18.2 Å². The van der Waals surface area contributed by atoms with E-state index in [2.05, 4.69) is 32.3 Å². The summed E-state index contributed by atoms with van der Waals surface area (Å²) >= 11 is 0. The average Bonchev–Trinajstić information content (AvgIpc) is 3.32. The quantitative estimate of drug-likeness (QED) is 0.113. The van der Waals surface area contributed by atoms with Gasteiger partial charge in [0.15, 0.2) is 0 Å². The number of hydrogen-bond donors (Lipinski definition) is 2. The molecule has 4 rings (SSSR count). The van der Waals surface area contributed by atoms with Gasteiger partial charge < -0.3 is 25.5 Å². The molecule has 3 heterocycles. The minimum Gasteiger partial charge on any atom is -0.493 e. The monoisotopic (exact) mass is 658 g/mol. The molecule has 1 aliphatic heterocycles. The number of fused-ring (bicyclic) bond motifs is 5. The number of alkyl halides is 6. The maximum atomic E-state index is 14.2. The van der Waals surface area contributed by atoms with Crippen molar-refractivity contribution in [1.82, 2.24) is 9.55 Å². The number of nitrogens with two attached hydrogens (primary N) is 2. The number of aryl methyl sites for hydroxylation is 1. The molecule has 1 aliphatic rings. The first kappa shape index (κ1) is 35.2. The highest BCUT2D eigenvalue weighted by atomic mass is 19.3. The Bertz CT molecular complexity index is 1590. The molecule has 0 fully saturated rings. The summed E-state index contributed by atoms with van der Waals surface area (Å²) in [4.78, 5) is 16.4. The molecule has 252 valence electrons. The molecule has 0 bridgehead atoms. The highest BCUT2D eigenvalue weighted by Gasteiger charge is 2.52. The van der Waals surface area contributed by atoms with Crippen molar-refractivity contribution in [2.24, 2.45) is 11.5 Å². The molecular weight excluding hydrogens is 622 g/mol. The molecule has 2 aromatic heterocycles. The number of pyridine rings is 1. The van der Waals surface area contributed by atoms with Crippen LogP contribution in [-0.4, -0.2) is 59.3 Å². The van der Waals surface area contributed by atoms with Crippen molar-refractivity contribution < 1.29 is 50.1 Å². The lowest BCUT2D eigenvalue weighted by Gasteiger charge is -2.28. The minimum atomic E-state index is -5.40. The Morgan fingerprint density at radius 1 is 1.09 bits per heavy atom. The van der Waals surface area contributed by atoms with Gasteiger partial charge in [-0.1, -0.05) is 20.4 Å². The van der Waals surface area contributed by atoms with Crippen LogP contribution in [0.2, 0.25) is 0 Å². The summed E-state index contributed by atoms with van der Waals surface area (Å²) in [6, 6.07) is 8.98. The summed E-state index contributed by atoms with van der Waals surface area (Å²) in [5.41, 5.74) is 14.7. The number of nitrogens with zero attached hydrogens (tertiary/aromatic N) is 2. The first-order valence-corrected chi connectivity index (χ1v) is 14.5. The van der Waals surface area contributed by atoms with E-state index in [1.165, 1.54) is 6.92 Å². The number of benzene rings is 1. The number of esters is 1. The molecule has 3 aromatic rings. The van der Waals surface area contributed by atoms with Crippen LogP contribution in [0.25, 0.3) is 28.2 Å². The van der Waals surface area contributed by atoms with E-state index >= 15 is 0 Å². The largest absolute Gasteiger partial charge is 0.494 e. The molecule has 15 heteroatoms. The number of hydrogen-bond acceptors (Lipinski definition) is 8. The Kier molecular flexibility index (Phi) is 10.1. The van der Waals surface area contributed by atoms with Crippen molar-refractivity contribution in [3.63, 3.8) is 0 Å². The Hall–Kier alpha value is -3.66. The molecule has 0 saturated carbocycles. The maximum absolute atomic E-state index is 14.2. The smallest absolute Gasteiger partial charge is 0.493 e. The van der Waals surface area contributed by atoms with E-state index in [1.54, 1.807) is 24.3 Å². The number of ether oxygens (including phenoxy) is 4. The molecule has 4 N–H and O–H groups in total. The molecule has 0 radical (unpaired) electrons. The summed E-state index contributed by atoms with van der Waals surface area (Å²) in [6.45, 7) is 7.46. The zero-order chi connectivity index (χ0) is 34.1. The number of carbonyl (C=O) groups excluding carboxylic acids is 1. The third kappa shape index (κ3) is 8.00. The molecule has 0 saturated heterocycles. The highest BCUT2D eigenvalue weighted by molar-refractivity contribution is 5.90. The van der Waals surface area contributed by atoms with Gasteiger partial charge in [-0.3, -0.25) is 9.78 Å². The van der Waals surface area contributed by atoms with Crippen molar-refractivity contribution in [3.05, 3.63) is 53.9 Å². The second-order valence-electron chi connectivity index (χ2n) is 11.3. The molecule has 9 nitrogen and oxygen atoms in total. The van der Waals surface area contributed by atoms with Crippen LogP contribution in [0, 0.1) is 0 Å². The van der Waals surface area contributed by atoms with Gasteiger partial charge in [0.05, 0.1) is 48.7 Å². The Morgan fingerprint density at radius 3 is 2.35 bits per heavy atom. The van der Waals surface area contributed by atoms with Crippen LogP contribution in [0.1, 0.15) is 56.5 Å². The zero-order valence-electron chi connectivity index (χ0n) is 25.6. The van der Waals surface area contributed by atoms with Gasteiger partial charge in [-0.15, -0.1) is 8.78 Å². The lowest BCUT2D eigenvalue weighted by molar-refractivity contribution is -0.514. The van der Waals surface area contributed by atoms with E-state index in [0.29, 0.717) is 13.0 Å². The van der Waals surface area contributed by atoms with E-state index in [0.717, 1.165) is 39.1 Å². The maximum Gasteiger partial charge on any atom is 0.494 e. The van der Waals surface area contributed by atoms with Crippen LogP contribution in [0.4, 0.5) is 26.3 Å². The first-order chi connectivity index (χ1) is 21.4. The molecule has 1 aromatic carbocycles. The van der Waals surface area contributed by atoms with Crippen LogP contribution in [-0.2, 0) is 32.0 Å². The van der Waals surface area contributed by atoms with Crippen LogP contribution < -0.4 is 16.2 Å². The van der Waals surface area contributed by atoms with Gasteiger partial charge in [-0.2, -0.15) is 17.6 Å². The topological polar surface area (TPSA) is 124 Å². The standard InChI is InChI=1S/C31H36F6N4O5/c1-5-20-14-22-18(3)16-41-24-15-21(8-7-19(24)13-25(41)26(22)23(6-2)40-20)43-11-9-29(32,33)45-31(36,37)46-30(34,35)10-12-44-27(42)28(4,39)17-38/h5,7-8,13-15,18H,1,6,9-12,16-17,38-39H2,2-4H3. The van der Waals surface area contributed by atoms with Gasteiger partial charge in [0, 0.05) is 30.1 Å². The SMILES string of the molecule is C=Cc1cc2c(c(CC)n1)-c1cc3ccc(OCCC(F)(F)OC(F)(F)OC(F)(F)CCOC(=O)C(C)(N)CN)cc3n1CC2C. The number of aromatic nitrogens is 2. The summed E-state index contributed by atoms with van der Waals surface area (Å²) in [7, 11) is 0. The van der Waals surface area contributed by atoms with E-state index in [9.17, 15) is 31.1 Å². The predicted molar refractivity (Wildman–Crippen MR) is 157 cm³/mol. The third-order valence-electron chi connectivity index (χ3n) is 7.52. The Morgan fingerprint density at radius 2 is 1.74 bits per heavy atom. The minimum absolute atomic E-state index is 0.134. The Labute approximate surface area is 261 Å². The second kappa shape index (κ2) is 13.2. The van der Waals surface area contributed by atoms with Gasteiger partial charge in [0.25, 0.3) is 0 Å². The molecule has 0 aliphatic carbocycles. The fourth-order valence-electron chi connectivity index (χ4n) is 5.06. The summed E-state index contributed by atoms with van der Waals surface area (Å²) in [5, 5.41) is 0.870. The number of rotatable bonds is 15. The fraction of sp³-hybridized carbons (Fsp3) is 0.484. The van der Waals surface area contributed by atoms with E-state index < -0.39 is 56.1 Å². The van der Waals surface area contributed by atoms with Crippen molar-refractivity contribution in [2.45, 2.75) is 76.5 Å². The molecule has 46 heavy (non-hydrogen) atoms. The van der Waals surface area contributed by atoms with Gasteiger partial charge >= 0.3 is 24.5 Å². The van der Waals surface area contributed by atoms with Gasteiger partial charge in [0.2, 0.25) is 0 Å². The zero-order valence-corrected chi connectivity index (χ0v) is 25.6. The van der Waals surface area contributed by atoms with Gasteiger partial charge in [-0.25, -0.2) is 9.47 Å². The number of halogens is 6. The predicted octanol–water partition coefficient (Wildman–Crippen LogP) is 6.17. The normalized spacial score (nSPS) is 16.5. The number of carbonyl (C=O) groups is 1. The summed E-state index contributed by atoms with van der Waals surface area (Å²) in [5.74, 6) is -0.845. The molecule has 2 unspecified atom stereocenters. The summed E-state index contributed by atoms with van der Waals surface area (Å²) in [6.07, 6.45) is -15.3. The molecular formula is C31H36F6N4O5. The molecule has 2 atom stereocenters. The second-order valence-corrected chi connectivity index (χ2v) is 11.3. The van der Waals surface area contributed by atoms with Crippen LogP contribution >= 0.6 is 0 Å². The van der Waals surface area contributed by atoms with Crippen molar-refractivity contribution in [2.75, 3.05) is 19.8 Å². The van der Waals surface area contributed by atoms with Crippen molar-refractivity contribution in [3.8, 4) is 17.0 Å². The van der Waals surface area contributed by atoms with Crippen LogP contribution in [0.5, 0.6) is 5.75 Å². The fourth-order valence-corrected chi connectivity index (χ4v) is 5.06. The Balaban J connectivity index is 1.38. The first-order valence-electron chi connectivity index (χ1n) is 14.5. The van der Waals surface area contributed by atoms with Crippen LogP contribution in [0.3, 0.4) is 0 Å². The average molecular weight is 659 g/mol. The lowest BCUT2D eigenvalue weighted by Crippen LogP contribution is -2.52. The molecule has 0 spiro atoms. The lowest BCUT2D eigenvalue weighted by atomic mass is 9.88. The van der Waals surface area contributed by atoms with Crippen molar-refractivity contribution in [1.29, 1.82) is 0 Å². The van der Waals surface area contributed by atoms with E-state index in [4.69, 9.17) is 21.2 Å². The van der Waals surface area contributed by atoms with Crippen LogP contribution in [0.15, 0.2) is 36.9 Å². The summed E-state index contributed by atoms with van der Waals surface area (Å²) < 4.78 is 103. The third-order valence-corrected chi connectivity index (χ3v) is 7.52.